The van der Waals surface area contributed by atoms with Crippen molar-refractivity contribution in [2.45, 2.75) is 25.5 Å². The Hall–Kier alpha value is -1.83. The fraction of sp³-hybridized carbons (Fsp3) is 0.700. The monoisotopic (exact) mass is 259 g/mol. The molecule has 1 heterocycles. The minimum atomic E-state index is -1.37. The average molecular weight is 259 g/mol. The number of amides is 3. The van der Waals surface area contributed by atoms with Crippen LogP contribution in [0.5, 0.6) is 0 Å². The number of nitrogens with zero attached hydrogens (tertiary/aromatic N) is 1. The predicted molar refractivity (Wildman–Crippen MR) is 60.5 cm³/mol. The molecule has 0 aromatic rings. The van der Waals surface area contributed by atoms with Gasteiger partial charge in [0.2, 0.25) is 5.91 Å². The van der Waals surface area contributed by atoms with Crippen molar-refractivity contribution >= 4 is 17.9 Å². The van der Waals surface area contributed by atoms with Crippen molar-refractivity contribution in [3.05, 3.63) is 0 Å². The summed E-state index contributed by atoms with van der Waals surface area (Å²) < 4.78 is 0. The first-order chi connectivity index (χ1) is 8.32. The van der Waals surface area contributed by atoms with Gasteiger partial charge in [-0.15, -0.1) is 0 Å². The molecule has 3 atom stereocenters. The summed E-state index contributed by atoms with van der Waals surface area (Å²) >= 11 is 0. The Morgan fingerprint density at radius 1 is 1.44 bits per heavy atom. The Kier molecular flexibility index (Phi) is 4.49. The molecule has 0 bridgehead atoms. The Morgan fingerprint density at radius 3 is 2.44 bits per heavy atom. The van der Waals surface area contributed by atoms with Crippen molar-refractivity contribution in [3.63, 3.8) is 0 Å². The Bertz CT molecular complexity index is 357. The van der Waals surface area contributed by atoms with Crippen LogP contribution < -0.4 is 11.1 Å². The van der Waals surface area contributed by atoms with Gasteiger partial charge in [-0.05, 0) is 13.3 Å². The number of hydrogen-bond donors (Lipinski definition) is 4. The molecule has 1 saturated heterocycles. The zero-order valence-electron chi connectivity index (χ0n) is 10.00. The minimum Gasteiger partial charge on any atom is -0.480 e. The molecule has 0 aliphatic carbocycles. The fourth-order valence-electron chi connectivity index (χ4n) is 1.79. The smallest absolute Gasteiger partial charge is 0.328 e. The van der Waals surface area contributed by atoms with Crippen LogP contribution in [0.1, 0.15) is 13.3 Å². The second-order valence-electron chi connectivity index (χ2n) is 4.34. The molecule has 18 heavy (non-hydrogen) atoms. The molecule has 0 aromatic heterocycles. The molecular weight excluding hydrogens is 242 g/mol. The number of nitrogens with one attached hydrogen (secondary N) is 1. The number of rotatable bonds is 4. The van der Waals surface area contributed by atoms with Gasteiger partial charge >= 0.3 is 12.0 Å². The van der Waals surface area contributed by atoms with Gasteiger partial charge in [-0.3, -0.25) is 4.79 Å². The second-order valence-corrected chi connectivity index (χ2v) is 4.34. The van der Waals surface area contributed by atoms with E-state index in [0.29, 0.717) is 13.0 Å². The first-order valence-corrected chi connectivity index (χ1v) is 5.58. The van der Waals surface area contributed by atoms with Crippen LogP contribution >= 0.6 is 0 Å². The van der Waals surface area contributed by atoms with E-state index in [9.17, 15) is 19.5 Å². The number of carboxylic acid groups (broad SMARTS) is 1. The van der Waals surface area contributed by atoms with Gasteiger partial charge in [-0.1, -0.05) is 0 Å². The number of nitrogens with two attached hydrogens (primary N) is 1. The minimum absolute atomic E-state index is 0.174. The Balaban J connectivity index is 2.56. The molecule has 0 radical (unpaired) electrons. The third-order valence-electron chi connectivity index (χ3n) is 2.91. The highest BCUT2D eigenvalue weighted by Gasteiger charge is 2.32. The van der Waals surface area contributed by atoms with Gasteiger partial charge in [0.1, 0.15) is 0 Å². The molecule has 0 spiro atoms. The summed E-state index contributed by atoms with van der Waals surface area (Å²) in [5.41, 5.74) is 5.13. The molecule has 1 aliphatic heterocycles. The van der Waals surface area contributed by atoms with Crippen LogP contribution in [0.2, 0.25) is 0 Å². The van der Waals surface area contributed by atoms with Crippen LogP contribution in [-0.4, -0.2) is 58.3 Å². The number of carbonyl (C=O) groups is 3. The number of urea groups is 1. The van der Waals surface area contributed by atoms with Crippen LogP contribution in [0.25, 0.3) is 0 Å². The molecule has 1 unspecified atom stereocenters. The van der Waals surface area contributed by atoms with Crippen molar-refractivity contribution in [1.29, 1.82) is 0 Å². The molecule has 0 aromatic carbocycles. The van der Waals surface area contributed by atoms with Gasteiger partial charge in [0.05, 0.1) is 12.0 Å². The van der Waals surface area contributed by atoms with E-state index in [1.54, 1.807) is 0 Å². The summed E-state index contributed by atoms with van der Waals surface area (Å²) in [5, 5.41) is 20.2. The maximum atomic E-state index is 11.7. The third kappa shape index (κ3) is 3.33. The lowest BCUT2D eigenvalue weighted by atomic mass is 10.1. The average Bonchev–Trinajstić information content (AvgIpc) is 2.73. The Morgan fingerprint density at radius 2 is 2.06 bits per heavy atom. The molecule has 5 N–H and O–H groups in total. The quantitative estimate of drug-likeness (QED) is 0.479. The van der Waals surface area contributed by atoms with Gasteiger partial charge in [0, 0.05) is 13.1 Å². The predicted octanol–water partition coefficient (Wildman–Crippen LogP) is -1.66. The van der Waals surface area contributed by atoms with E-state index < -0.39 is 36.0 Å². The first kappa shape index (κ1) is 14.2. The number of primary amides is 1. The number of likely N-dealkylation sites (tertiary alicyclic amines) is 1. The lowest BCUT2D eigenvalue weighted by molar-refractivity contribution is -0.141. The summed E-state index contributed by atoms with van der Waals surface area (Å²) in [4.78, 5) is 34.8. The van der Waals surface area contributed by atoms with Crippen molar-refractivity contribution in [2.75, 3.05) is 13.1 Å². The molecule has 102 valence electrons. The second kappa shape index (κ2) is 5.67. The highest BCUT2D eigenvalue weighted by Crippen LogP contribution is 2.15. The number of carboxylic acids is 1. The van der Waals surface area contributed by atoms with Crippen LogP contribution in [-0.2, 0) is 9.59 Å². The van der Waals surface area contributed by atoms with E-state index >= 15 is 0 Å². The largest absolute Gasteiger partial charge is 0.480 e. The summed E-state index contributed by atoms with van der Waals surface area (Å²) in [6.45, 7) is 1.79. The van der Waals surface area contributed by atoms with Gasteiger partial charge in [0.15, 0.2) is 6.04 Å². The molecular formula is C10H17N3O5. The van der Waals surface area contributed by atoms with Crippen LogP contribution in [0.15, 0.2) is 0 Å². The number of hydrogen-bond acceptors (Lipinski definition) is 4. The van der Waals surface area contributed by atoms with Crippen LogP contribution in [0, 0.1) is 5.92 Å². The molecule has 1 rings (SSSR count). The van der Waals surface area contributed by atoms with Crippen molar-refractivity contribution in [1.82, 2.24) is 10.2 Å². The third-order valence-corrected chi connectivity index (χ3v) is 2.91. The van der Waals surface area contributed by atoms with Crippen molar-refractivity contribution in [3.8, 4) is 0 Å². The Labute approximate surface area is 104 Å². The number of aliphatic hydroxyl groups is 1. The highest BCUT2D eigenvalue weighted by molar-refractivity contribution is 5.84. The zero-order chi connectivity index (χ0) is 13.9. The standard InChI is InChI=1S/C10H17N3O5/c1-5(14)7(9(16)17)12-10(18)13-3-2-6(4-13)8(11)15/h5-7,14H,2-4H2,1H3,(H2,11,15)(H,12,18)(H,16,17)/t5-,6?,7+/m1/s1. The van der Waals surface area contributed by atoms with Crippen molar-refractivity contribution in [2.24, 2.45) is 11.7 Å². The lowest BCUT2D eigenvalue weighted by Gasteiger charge is -2.22. The molecule has 8 heteroatoms. The van der Waals surface area contributed by atoms with Gasteiger partial charge in [0.25, 0.3) is 0 Å². The maximum Gasteiger partial charge on any atom is 0.328 e. The summed E-state index contributed by atoms with van der Waals surface area (Å²) in [6, 6.07) is -1.99. The first-order valence-electron chi connectivity index (χ1n) is 5.58. The van der Waals surface area contributed by atoms with Gasteiger partial charge in [-0.2, -0.15) is 0 Å². The number of aliphatic carboxylic acids is 1. The summed E-state index contributed by atoms with van der Waals surface area (Å²) in [7, 11) is 0. The van der Waals surface area contributed by atoms with E-state index in [2.05, 4.69) is 5.32 Å². The van der Waals surface area contributed by atoms with E-state index in [1.165, 1.54) is 11.8 Å². The van der Waals surface area contributed by atoms with Crippen LogP contribution in [0.3, 0.4) is 0 Å². The molecule has 3 amide bonds. The van der Waals surface area contributed by atoms with Crippen LogP contribution in [0.4, 0.5) is 4.79 Å². The van der Waals surface area contributed by atoms with E-state index in [4.69, 9.17) is 10.8 Å². The van der Waals surface area contributed by atoms with Gasteiger partial charge < -0.3 is 26.2 Å². The lowest BCUT2D eigenvalue weighted by Crippen LogP contribution is -2.52. The van der Waals surface area contributed by atoms with Crippen molar-refractivity contribution < 1.29 is 24.6 Å². The number of carbonyl (C=O) groups excluding carboxylic acids is 2. The molecule has 1 aliphatic rings. The maximum absolute atomic E-state index is 11.7. The topological polar surface area (TPSA) is 133 Å². The van der Waals surface area contributed by atoms with Gasteiger partial charge in [-0.25, -0.2) is 9.59 Å². The molecule has 8 nitrogen and oxygen atoms in total. The number of aliphatic hydroxyl groups excluding tert-OH is 1. The normalized spacial score (nSPS) is 22.3. The molecule has 1 fully saturated rings. The fourth-order valence-corrected chi connectivity index (χ4v) is 1.79. The molecule has 0 saturated carbocycles. The zero-order valence-corrected chi connectivity index (χ0v) is 10.00. The summed E-state index contributed by atoms with van der Waals surface area (Å²) in [6.07, 6.45) is -0.740. The van der Waals surface area contributed by atoms with E-state index in [-0.39, 0.29) is 6.54 Å². The SMILES string of the molecule is C[C@@H](O)[C@H](NC(=O)N1CCC(C(N)=O)C1)C(=O)O. The highest BCUT2D eigenvalue weighted by atomic mass is 16.4. The van der Waals surface area contributed by atoms with E-state index in [1.807, 2.05) is 0 Å². The van der Waals surface area contributed by atoms with E-state index in [0.717, 1.165) is 0 Å². The summed E-state index contributed by atoms with van der Waals surface area (Å²) in [5.74, 6) is -2.19.